The van der Waals surface area contributed by atoms with Gasteiger partial charge in [-0.2, -0.15) is 0 Å². The molecule has 0 fully saturated rings. The summed E-state index contributed by atoms with van der Waals surface area (Å²) in [6, 6.07) is 15.0. The summed E-state index contributed by atoms with van der Waals surface area (Å²) >= 11 is 1.57. The molecular formula is C26H34Cl2N2O2S. The first-order valence-corrected chi connectivity index (χ1v) is 12.0. The Morgan fingerprint density at radius 1 is 1.12 bits per heavy atom. The molecular weight excluding hydrogens is 475 g/mol. The molecule has 2 aromatic carbocycles. The molecule has 180 valence electrons. The van der Waals surface area contributed by atoms with Crippen molar-refractivity contribution in [3.63, 3.8) is 0 Å². The highest BCUT2D eigenvalue weighted by Gasteiger charge is 2.17. The van der Waals surface area contributed by atoms with Crippen LogP contribution in [0.5, 0.6) is 0 Å². The van der Waals surface area contributed by atoms with Crippen molar-refractivity contribution in [3.05, 3.63) is 64.8 Å². The average Bonchev–Trinajstić information content (AvgIpc) is 2.73. The lowest BCUT2D eigenvalue weighted by Crippen LogP contribution is -2.10. The van der Waals surface area contributed by atoms with E-state index in [1.165, 1.54) is 16.7 Å². The van der Waals surface area contributed by atoms with Crippen molar-refractivity contribution >= 4 is 53.4 Å². The Bertz CT molecular complexity index is 1060. The van der Waals surface area contributed by atoms with Crippen molar-refractivity contribution in [1.82, 2.24) is 4.98 Å². The van der Waals surface area contributed by atoms with Gasteiger partial charge in [0.1, 0.15) is 0 Å². The number of aromatic nitrogens is 1. The minimum atomic E-state index is -0.168. The van der Waals surface area contributed by atoms with E-state index in [4.69, 9.17) is 15.5 Å². The fraction of sp³-hybridized carbons (Fsp3) is 0.385. The molecule has 0 radical (unpaired) electrons. The molecule has 0 unspecified atom stereocenters. The smallest absolute Gasteiger partial charge is 0.315 e. The van der Waals surface area contributed by atoms with Gasteiger partial charge in [-0.05, 0) is 60.6 Å². The molecule has 33 heavy (non-hydrogen) atoms. The van der Waals surface area contributed by atoms with Crippen molar-refractivity contribution in [3.8, 4) is 11.1 Å². The molecule has 0 bridgehead atoms. The zero-order valence-electron chi connectivity index (χ0n) is 19.7. The molecule has 3 rings (SSSR count). The topological polar surface area (TPSA) is 65.2 Å². The number of halogens is 2. The molecule has 0 saturated heterocycles. The van der Waals surface area contributed by atoms with E-state index in [1.54, 1.807) is 11.8 Å². The van der Waals surface area contributed by atoms with Crippen LogP contribution in [-0.4, -0.2) is 23.3 Å². The Morgan fingerprint density at radius 2 is 1.82 bits per heavy atom. The zero-order valence-corrected chi connectivity index (χ0v) is 22.2. The van der Waals surface area contributed by atoms with Gasteiger partial charge in [-0.1, -0.05) is 49.7 Å². The van der Waals surface area contributed by atoms with Crippen LogP contribution in [0.2, 0.25) is 0 Å². The van der Waals surface area contributed by atoms with Gasteiger partial charge in [0, 0.05) is 23.4 Å². The number of pyridine rings is 1. The van der Waals surface area contributed by atoms with E-state index in [2.05, 4.69) is 63.2 Å². The number of rotatable bonds is 9. The highest BCUT2D eigenvalue weighted by molar-refractivity contribution is 7.99. The third-order valence-corrected chi connectivity index (χ3v) is 6.15. The number of hydrogen-bond donors (Lipinski definition) is 1. The van der Waals surface area contributed by atoms with Crippen LogP contribution in [0, 0.1) is 12.8 Å². The maximum atomic E-state index is 11.7. The van der Waals surface area contributed by atoms with Crippen LogP contribution in [-0.2, 0) is 28.2 Å². The van der Waals surface area contributed by atoms with Crippen molar-refractivity contribution in [1.29, 1.82) is 0 Å². The van der Waals surface area contributed by atoms with Crippen LogP contribution in [0.25, 0.3) is 22.0 Å². The predicted molar refractivity (Wildman–Crippen MR) is 146 cm³/mol. The van der Waals surface area contributed by atoms with Crippen molar-refractivity contribution in [2.75, 3.05) is 12.4 Å². The van der Waals surface area contributed by atoms with Gasteiger partial charge in [-0.15, -0.1) is 36.6 Å². The van der Waals surface area contributed by atoms with Crippen LogP contribution in [0.4, 0.5) is 0 Å². The average molecular weight is 510 g/mol. The monoisotopic (exact) mass is 508 g/mol. The summed E-state index contributed by atoms with van der Waals surface area (Å²) in [5.74, 6) is 1.43. The first-order chi connectivity index (χ1) is 14.9. The van der Waals surface area contributed by atoms with Crippen molar-refractivity contribution < 1.29 is 9.53 Å². The number of hydrogen-bond acceptors (Lipinski definition) is 5. The van der Waals surface area contributed by atoms with Crippen LogP contribution in [0.1, 0.15) is 43.2 Å². The lowest BCUT2D eigenvalue weighted by atomic mass is 9.90. The van der Waals surface area contributed by atoms with E-state index >= 15 is 0 Å². The molecule has 0 aliphatic rings. The normalized spacial score (nSPS) is 10.6. The third kappa shape index (κ3) is 7.61. The summed E-state index contributed by atoms with van der Waals surface area (Å²) in [5.41, 5.74) is 14.2. The van der Waals surface area contributed by atoms with Gasteiger partial charge in [-0.3, -0.25) is 9.78 Å². The van der Waals surface area contributed by atoms with Gasteiger partial charge < -0.3 is 10.5 Å². The largest absolute Gasteiger partial charge is 0.465 e. The maximum Gasteiger partial charge on any atom is 0.315 e. The Balaban J connectivity index is 0.00000272. The molecule has 0 spiro atoms. The van der Waals surface area contributed by atoms with Crippen LogP contribution in [0.15, 0.2) is 42.5 Å². The second-order valence-corrected chi connectivity index (χ2v) is 9.22. The zero-order chi connectivity index (χ0) is 22.4. The van der Waals surface area contributed by atoms with Gasteiger partial charge in [0.05, 0.1) is 17.9 Å². The maximum absolute atomic E-state index is 11.7. The van der Waals surface area contributed by atoms with Gasteiger partial charge in [0.2, 0.25) is 0 Å². The van der Waals surface area contributed by atoms with Crippen LogP contribution in [0.3, 0.4) is 0 Å². The van der Waals surface area contributed by atoms with Crippen molar-refractivity contribution in [2.24, 2.45) is 11.7 Å². The molecule has 1 heterocycles. The van der Waals surface area contributed by atoms with Gasteiger partial charge in [0.25, 0.3) is 0 Å². The summed E-state index contributed by atoms with van der Waals surface area (Å²) in [6.07, 6.45) is 0.901. The molecule has 0 atom stereocenters. The van der Waals surface area contributed by atoms with Gasteiger partial charge in [-0.25, -0.2) is 0 Å². The fourth-order valence-electron chi connectivity index (χ4n) is 3.77. The summed E-state index contributed by atoms with van der Waals surface area (Å²) in [5, 5.41) is 1.12. The summed E-state index contributed by atoms with van der Waals surface area (Å²) in [7, 11) is 0. The summed E-state index contributed by atoms with van der Waals surface area (Å²) in [4.78, 5) is 16.7. The summed E-state index contributed by atoms with van der Waals surface area (Å²) in [6.45, 7) is 9.22. The number of benzene rings is 2. The quantitative estimate of drug-likeness (QED) is 0.333. The van der Waals surface area contributed by atoms with Crippen molar-refractivity contribution in [2.45, 2.75) is 46.4 Å². The fourth-order valence-corrected chi connectivity index (χ4v) is 4.54. The number of ether oxygens (including phenoxy) is 1. The van der Waals surface area contributed by atoms with Gasteiger partial charge in [0.15, 0.2) is 0 Å². The number of aryl methyl sites for hydroxylation is 1. The molecule has 7 heteroatoms. The number of carbonyl (C=O) groups excluding carboxylic acids is 1. The SMILES string of the molecule is CCOC(=O)CSCc1ccc2nc(CC(C)C)c(CN)c(-c3ccc(C)cc3)c2c1.Cl.Cl. The number of carbonyl (C=O) groups is 1. The minimum absolute atomic E-state index is 0. The van der Waals surface area contributed by atoms with E-state index < -0.39 is 0 Å². The number of nitrogens with zero attached hydrogens (tertiary/aromatic N) is 1. The molecule has 0 aliphatic carbocycles. The second kappa shape index (κ2) is 13.8. The molecule has 0 aliphatic heterocycles. The Labute approximate surface area is 213 Å². The van der Waals surface area contributed by atoms with Gasteiger partial charge >= 0.3 is 5.97 Å². The van der Waals surface area contributed by atoms with E-state index in [1.807, 2.05) is 6.92 Å². The van der Waals surface area contributed by atoms with Crippen LogP contribution < -0.4 is 5.73 Å². The molecule has 1 aromatic heterocycles. The molecule has 3 aromatic rings. The molecule has 0 amide bonds. The standard InChI is InChI=1S/C26H32N2O2S.2ClH/c1-5-30-25(29)16-31-15-19-8-11-23-21(13-19)26(20-9-6-18(4)7-10-20)22(14-27)24(28-23)12-17(2)3;;/h6-11,13,17H,5,12,14-16,27H2,1-4H3;2*1H. The highest BCUT2D eigenvalue weighted by Crippen LogP contribution is 2.35. The Morgan fingerprint density at radius 3 is 2.42 bits per heavy atom. The Kier molecular flexibility index (Phi) is 12.2. The number of thioether (sulfide) groups is 1. The first kappa shape index (κ1) is 29.2. The number of nitrogens with two attached hydrogens (primary N) is 1. The lowest BCUT2D eigenvalue weighted by molar-refractivity contribution is -0.139. The first-order valence-electron chi connectivity index (χ1n) is 10.9. The van der Waals surface area contributed by atoms with E-state index in [0.717, 1.165) is 39.9 Å². The minimum Gasteiger partial charge on any atom is -0.465 e. The third-order valence-electron chi connectivity index (χ3n) is 5.18. The molecule has 0 saturated carbocycles. The lowest BCUT2D eigenvalue weighted by Gasteiger charge is -2.18. The van der Waals surface area contributed by atoms with E-state index in [-0.39, 0.29) is 30.8 Å². The molecule has 4 nitrogen and oxygen atoms in total. The Hall–Kier alpha value is -1.79. The molecule has 2 N–H and O–H groups in total. The van der Waals surface area contributed by atoms with Crippen LogP contribution >= 0.6 is 36.6 Å². The predicted octanol–water partition coefficient (Wildman–Crippen LogP) is 6.51. The van der Waals surface area contributed by atoms with E-state index in [9.17, 15) is 4.79 Å². The number of esters is 1. The highest BCUT2D eigenvalue weighted by atomic mass is 35.5. The van der Waals surface area contributed by atoms with E-state index in [0.29, 0.717) is 24.8 Å². The number of fused-ring (bicyclic) bond motifs is 1. The second-order valence-electron chi connectivity index (χ2n) is 8.23. The summed E-state index contributed by atoms with van der Waals surface area (Å²) < 4.78 is 5.03.